The van der Waals surface area contributed by atoms with Crippen LogP contribution >= 0.6 is 11.3 Å². The van der Waals surface area contributed by atoms with Crippen LogP contribution in [-0.2, 0) is 9.59 Å². The van der Waals surface area contributed by atoms with E-state index in [1.54, 1.807) is 11.4 Å². The Balaban J connectivity index is 1.53. The Morgan fingerprint density at radius 1 is 1.38 bits per heavy atom. The zero-order valence-electron chi connectivity index (χ0n) is 13.3. The summed E-state index contributed by atoms with van der Waals surface area (Å²) in [6, 6.07) is 1.77. The summed E-state index contributed by atoms with van der Waals surface area (Å²) in [5, 5.41) is 16.4. The van der Waals surface area contributed by atoms with Crippen LogP contribution in [0.1, 0.15) is 35.4 Å². The number of amides is 2. The van der Waals surface area contributed by atoms with Crippen LogP contribution in [0.25, 0.3) is 0 Å². The van der Waals surface area contributed by atoms with Crippen LogP contribution < -0.4 is 10.6 Å². The molecule has 8 heteroatoms. The van der Waals surface area contributed by atoms with Gasteiger partial charge in [0.25, 0.3) is 0 Å². The van der Waals surface area contributed by atoms with E-state index >= 15 is 0 Å². The van der Waals surface area contributed by atoms with Crippen molar-refractivity contribution in [1.82, 2.24) is 10.2 Å². The lowest BCUT2D eigenvalue weighted by Gasteiger charge is -2.27. The highest BCUT2D eigenvalue weighted by Gasteiger charge is 2.32. The lowest BCUT2D eigenvalue weighted by Crippen LogP contribution is -2.39. The Labute approximate surface area is 144 Å². The van der Waals surface area contributed by atoms with Crippen LogP contribution in [0, 0.1) is 5.92 Å². The Morgan fingerprint density at radius 2 is 2.21 bits per heavy atom. The summed E-state index contributed by atoms with van der Waals surface area (Å²) in [7, 11) is 0. The van der Waals surface area contributed by atoms with Crippen molar-refractivity contribution in [2.24, 2.45) is 5.92 Å². The Bertz CT molecular complexity index is 645. The fourth-order valence-electron chi connectivity index (χ4n) is 3.37. The highest BCUT2D eigenvalue weighted by molar-refractivity contribution is 7.12. The predicted molar refractivity (Wildman–Crippen MR) is 90.2 cm³/mol. The van der Waals surface area contributed by atoms with Crippen molar-refractivity contribution < 1.29 is 19.5 Å². The molecule has 3 N–H and O–H groups in total. The SMILES string of the molecule is O=C(CCN1C[C@@H]2CCC[C@H](C1)C(=O)N2)Nc1ccsc1C(=O)O. The number of fused-ring (bicyclic) bond motifs is 3. The topological polar surface area (TPSA) is 98.7 Å². The normalized spacial score (nSPS) is 24.1. The lowest BCUT2D eigenvalue weighted by molar-refractivity contribution is -0.124. The molecule has 7 nitrogen and oxygen atoms in total. The van der Waals surface area contributed by atoms with E-state index in [0.717, 1.165) is 37.1 Å². The predicted octanol–water partition coefficient (Wildman–Crippen LogP) is 1.38. The smallest absolute Gasteiger partial charge is 0.348 e. The van der Waals surface area contributed by atoms with Gasteiger partial charge in [-0.2, -0.15) is 0 Å². The number of hydrogen-bond donors (Lipinski definition) is 3. The summed E-state index contributed by atoms with van der Waals surface area (Å²) in [4.78, 5) is 37.5. The number of thiophene rings is 1. The Hall–Kier alpha value is -1.93. The molecular weight excluding hydrogens is 330 g/mol. The van der Waals surface area contributed by atoms with Gasteiger partial charge in [0.05, 0.1) is 11.6 Å². The van der Waals surface area contributed by atoms with Crippen LogP contribution in [0.4, 0.5) is 5.69 Å². The molecular formula is C16H21N3O4S. The molecule has 2 bridgehead atoms. The molecule has 0 saturated carbocycles. The van der Waals surface area contributed by atoms with Crippen molar-refractivity contribution in [1.29, 1.82) is 0 Å². The summed E-state index contributed by atoms with van der Waals surface area (Å²) in [5.41, 5.74) is 0.349. The molecule has 1 aromatic heterocycles. The minimum Gasteiger partial charge on any atom is -0.477 e. The number of rotatable bonds is 5. The molecule has 130 valence electrons. The number of carboxylic acid groups (broad SMARTS) is 1. The number of nitrogens with one attached hydrogen (secondary N) is 2. The van der Waals surface area contributed by atoms with Gasteiger partial charge in [-0.15, -0.1) is 11.3 Å². The molecule has 3 heterocycles. The third-order valence-corrected chi connectivity index (χ3v) is 5.47. The number of anilines is 1. The van der Waals surface area contributed by atoms with Gasteiger partial charge < -0.3 is 15.7 Å². The number of carbonyl (C=O) groups excluding carboxylic acids is 2. The zero-order chi connectivity index (χ0) is 17.1. The van der Waals surface area contributed by atoms with Gasteiger partial charge in [0, 0.05) is 32.1 Å². The second kappa shape index (κ2) is 7.31. The van der Waals surface area contributed by atoms with Crippen molar-refractivity contribution in [3.05, 3.63) is 16.3 Å². The van der Waals surface area contributed by atoms with Crippen molar-refractivity contribution in [3.63, 3.8) is 0 Å². The highest BCUT2D eigenvalue weighted by Crippen LogP contribution is 2.23. The number of aromatic carboxylic acids is 1. The number of likely N-dealkylation sites (tertiary alicyclic amines) is 1. The van der Waals surface area contributed by atoms with E-state index in [9.17, 15) is 14.4 Å². The molecule has 2 fully saturated rings. The molecule has 2 aliphatic rings. The molecule has 2 aliphatic heterocycles. The first-order valence-corrected chi connectivity index (χ1v) is 9.04. The highest BCUT2D eigenvalue weighted by atomic mass is 32.1. The molecule has 2 atom stereocenters. The molecule has 0 unspecified atom stereocenters. The Kier molecular flexibility index (Phi) is 5.15. The van der Waals surface area contributed by atoms with Gasteiger partial charge in [0.15, 0.2) is 0 Å². The van der Waals surface area contributed by atoms with Crippen LogP contribution in [0.3, 0.4) is 0 Å². The van der Waals surface area contributed by atoms with Gasteiger partial charge in [-0.1, -0.05) is 6.42 Å². The maximum Gasteiger partial charge on any atom is 0.348 e. The summed E-state index contributed by atoms with van der Waals surface area (Å²) < 4.78 is 0. The van der Waals surface area contributed by atoms with E-state index in [0.29, 0.717) is 18.8 Å². The van der Waals surface area contributed by atoms with Gasteiger partial charge in [0.2, 0.25) is 11.8 Å². The van der Waals surface area contributed by atoms with Crippen molar-refractivity contribution in [2.75, 3.05) is 25.0 Å². The van der Waals surface area contributed by atoms with Crippen molar-refractivity contribution >= 4 is 34.8 Å². The van der Waals surface area contributed by atoms with Crippen molar-refractivity contribution in [3.8, 4) is 0 Å². The van der Waals surface area contributed by atoms with Crippen LogP contribution in [-0.4, -0.2) is 53.5 Å². The van der Waals surface area contributed by atoms with Gasteiger partial charge in [0.1, 0.15) is 4.88 Å². The molecule has 3 rings (SSSR count). The lowest BCUT2D eigenvalue weighted by atomic mass is 9.99. The first kappa shape index (κ1) is 16.9. The molecule has 0 aromatic carbocycles. The average Bonchev–Trinajstić information content (AvgIpc) is 2.82. The van der Waals surface area contributed by atoms with E-state index < -0.39 is 5.97 Å². The number of carbonyl (C=O) groups is 3. The molecule has 0 aliphatic carbocycles. The molecule has 24 heavy (non-hydrogen) atoms. The van der Waals surface area contributed by atoms with Gasteiger partial charge in [-0.3, -0.25) is 14.5 Å². The van der Waals surface area contributed by atoms with Gasteiger partial charge in [-0.05, 0) is 24.3 Å². The van der Waals surface area contributed by atoms with E-state index in [2.05, 4.69) is 15.5 Å². The summed E-state index contributed by atoms with van der Waals surface area (Å²) in [5.74, 6) is -1.10. The second-order valence-electron chi connectivity index (χ2n) is 6.36. The quantitative estimate of drug-likeness (QED) is 0.744. The zero-order valence-corrected chi connectivity index (χ0v) is 14.1. The van der Waals surface area contributed by atoms with Gasteiger partial charge in [-0.25, -0.2) is 4.79 Å². The van der Waals surface area contributed by atoms with E-state index in [1.165, 1.54) is 0 Å². The number of hydrogen-bond acceptors (Lipinski definition) is 5. The fraction of sp³-hybridized carbons (Fsp3) is 0.562. The standard InChI is InChI=1S/C16H21N3O4S/c20-13(18-12-5-7-24-14(12)16(22)23)4-6-19-8-10-2-1-3-11(9-19)17-15(10)21/h5,7,10-11H,1-4,6,8-9H2,(H,17,21)(H,18,20)(H,22,23)/t10-,11+/m1/s1. The van der Waals surface area contributed by atoms with Gasteiger partial charge >= 0.3 is 5.97 Å². The van der Waals surface area contributed by atoms with E-state index in [4.69, 9.17) is 5.11 Å². The van der Waals surface area contributed by atoms with Crippen LogP contribution in [0.15, 0.2) is 11.4 Å². The monoisotopic (exact) mass is 351 g/mol. The molecule has 2 amide bonds. The van der Waals surface area contributed by atoms with Crippen LogP contribution in [0.5, 0.6) is 0 Å². The number of carboxylic acids is 1. The Morgan fingerprint density at radius 3 is 3.00 bits per heavy atom. The average molecular weight is 351 g/mol. The number of nitrogens with zero attached hydrogens (tertiary/aromatic N) is 1. The van der Waals surface area contributed by atoms with E-state index in [-0.39, 0.29) is 35.1 Å². The summed E-state index contributed by atoms with van der Waals surface area (Å²) in [6.45, 7) is 2.03. The molecule has 2 saturated heterocycles. The first-order valence-electron chi connectivity index (χ1n) is 8.16. The van der Waals surface area contributed by atoms with E-state index in [1.807, 2.05) is 0 Å². The van der Waals surface area contributed by atoms with Crippen LogP contribution in [0.2, 0.25) is 0 Å². The second-order valence-corrected chi connectivity index (χ2v) is 7.28. The summed E-state index contributed by atoms with van der Waals surface area (Å²) >= 11 is 1.09. The molecule has 1 aromatic rings. The molecule has 0 spiro atoms. The third-order valence-electron chi connectivity index (χ3n) is 4.57. The first-order chi connectivity index (χ1) is 11.5. The third kappa shape index (κ3) is 3.93. The summed E-state index contributed by atoms with van der Waals surface area (Å²) in [6.07, 6.45) is 3.24. The molecule has 0 radical (unpaired) electrons. The minimum absolute atomic E-state index is 0.0102. The largest absolute Gasteiger partial charge is 0.477 e. The fourth-order valence-corrected chi connectivity index (χ4v) is 4.06. The van der Waals surface area contributed by atoms with Crippen molar-refractivity contribution in [2.45, 2.75) is 31.7 Å². The maximum absolute atomic E-state index is 12.1. The maximum atomic E-state index is 12.1. The minimum atomic E-state index is -1.04.